The summed E-state index contributed by atoms with van der Waals surface area (Å²) in [4.78, 5) is 2.46. The van der Waals surface area contributed by atoms with Crippen molar-refractivity contribution in [2.75, 3.05) is 20.8 Å². The molecule has 2 aromatic carbocycles. The topological polar surface area (TPSA) is 21.7 Å². The number of aryl methyl sites for hydroxylation is 2. The molecule has 3 nitrogen and oxygen atoms in total. The Morgan fingerprint density at radius 3 is 2.54 bits per heavy atom. The number of methoxy groups -OCH3 is 2. The van der Waals surface area contributed by atoms with Gasteiger partial charge in [0.1, 0.15) is 0 Å². The molecule has 24 heavy (non-hydrogen) atoms. The summed E-state index contributed by atoms with van der Waals surface area (Å²) >= 11 is 0. The Morgan fingerprint density at radius 2 is 1.79 bits per heavy atom. The Morgan fingerprint density at radius 1 is 1.00 bits per heavy atom. The minimum absolute atomic E-state index is 0.803. The molecule has 2 aromatic rings. The summed E-state index contributed by atoms with van der Waals surface area (Å²) in [6.07, 6.45) is 3.39. The van der Waals surface area contributed by atoms with Crippen LogP contribution in [0.1, 0.15) is 33.4 Å². The fraction of sp³-hybridized carbons (Fsp3) is 0.333. The molecule has 2 heterocycles. The molecule has 0 radical (unpaired) electrons. The molecule has 2 aliphatic rings. The fourth-order valence-electron chi connectivity index (χ4n) is 3.84. The van der Waals surface area contributed by atoms with Crippen molar-refractivity contribution in [1.82, 2.24) is 4.90 Å². The van der Waals surface area contributed by atoms with Crippen molar-refractivity contribution in [1.29, 1.82) is 0 Å². The van der Waals surface area contributed by atoms with Gasteiger partial charge in [-0.15, -0.1) is 0 Å². The minimum atomic E-state index is 0.803. The van der Waals surface area contributed by atoms with Gasteiger partial charge in [-0.3, -0.25) is 0 Å². The van der Waals surface area contributed by atoms with Gasteiger partial charge in [0.25, 0.3) is 0 Å². The zero-order chi connectivity index (χ0) is 16.8. The molecule has 0 saturated carbocycles. The molecule has 0 N–H and O–H groups in total. The molecule has 0 atom stereocenters. The Hall–Kier alpha value is -2.42. The summed E-state index contributed by atoms with van der Waals surface area (Å²) in [6, 6.07) is 8.83. The first kappa shape index (κ1) is 15.1. The summed E-state index contributed by atoms with van der Waals surface area (Å²) in [5.41, 5.74) is 9.35. The normalized spacial score (nSPS) is 15.2. The number of nitrogens with zero attached hydrogens (tertiary/aromatic N) is 1. The first-order chi connectivity index (χ1) is 11.6. The van der Waals surface area contributed by atoms with Gasteiger partial charge in [0, 0.05) is 29.9 Å². The van der Waals surface area contributed by atoms with Crippen LogP contribution in [0.4, 0.5) is 0 Å². The van der Waals surface area contributed by atoms with Crippen LogP contribution < -0.4 is 9.47 Å². The van der Waals surface area contributed by atoms with E-state index in [2.05, 4.69) is 43.0 Å². The maximum absolute atomic E-state index is 5.64. The van der Waals surface area contributed by atoms with Crippen molar-refractivity contribution >= 4 is 11.8 Å². The molecular formula is C21H23NO2. The predicted molar refractivity (Wildman–Crippen MR) is 97.4 cm³/mol. The zero-order valence-corrected chi connectivity index (χ0v) is 14.8. The van der Waals surface area contributed by atoms with E-state index in [0.29, 0.717) is 0 Å². The third-order valence-electron chi connectivity index (χ3n) is 5.31. The van der Waals surface area contributed by atoms with Crippen molar-refractivity contribution in [3.8, 4) is 11.5 Å². The van der Waals surface area contributed by atoms with Crippen LogP contribution in [0.2, 0.25) is 0 Å². The van der Waals surface area contributed by atoms with E-state index < -0.39 is 0 Å². The van der Waals surface area contributed by atoms with Crippen LogP contribution in [0.25, 0.3) is 11.8 Å². The number of hydrogen-bond acceptors (Lipinski definition) is 3. The smallest absolute Gasteiger partial charge is 0.166 e. The van der Waals surface area contributed by atoms with Crippen molar-refractivity contribution < 1.29 is 9.47 Å². The highest BCUT2D eigenvalue weighted by Gasteiger charge is 2.28. The fourth-order valence-corrected chi connectivity index (χ4v) is 3.84. The summed E-state index contributed by atoms with van der Waals surface area (Å²) < 4.78 is 11.1. The summed E-state index contributed by atoms with van der Waals surface area (Å²) in [7, 11) is 3.41. The van der Waals surface area contributed by atoms with Crippen molar-refractivity contribution in [3.05, 3.63) is 57.6 Å². The van der Waals surface area contributed by atoms with E-state index in [0.717, 1.165) is 31.0 Å². The second-order valence-corrected chi connectivity index (χ2v) is 6.66. The van der Waals surface area contributed by atoms with Gasteiger partial charge in [0.2, 0.25) is 0 Å². The van der Waals surface area contributed by atoms with E-state index in [1.54, 1.807) is 14.2 Å². The molecule has 3 heteroatoms. The molecule has 0 spiro atoms. The summed E-state index contributed by atoms with van der Waals surface area (Å²) in [5.74, 6) is 1.66. The molecular weight excluding hydrogens is 298 g/mol. The van der Waals surface area contributed by atoms with E-state index in [9.17, 15) is 0 Å². The van der Waals surface area contributed by atoms with Crippen LogP contribution in [0.3, 0.4) is 0 Å². The molecule has 0 aromatic heterocycles. The van der Waals surface area contributed by atoms with Gasteiger partial charge in [-0.25, -0.2) is 0 Å². The van der Waals surface area contributed by atoms with Crippen LogP contribution >= 0.6 is 0 Å². The molecule has 4 rings (SSSR count). The van der Waals surface area contributed by atoms with Gasteiger partial charge in [0.05, 0.1) is 14.2 Å². The van der Waals surface area contributed by atoms with Gasteiger partial charge in [-0.05, 0) is 60.7 Å². The van der Waals surface area contributed by atoms with Gasteiger partial charge < -0.3 is 14.4 Å². The molecule has 0 amide bonds. The second kappa shape index (κ2) is 5.59. The summed E-state index contributed by atoms with van der Waals surface area (Å²) in [5, 5.41) is 0. The lowest BCUT2D eigenvalue weighted by Crippen LogP contribution is -2.31. The van der Waals surface area contributed by atoms with E-state index in [4.69, 9.17) is 9.47 Å². The van der Waals surface area contributed by atoms with E-state index in [1.165, 1.54) is 39.1 Å². The lowest BCUT2D eigenvalue weighted by atomic mass is 9.88. The first-order valence-corrected chi connectivity index (χ1v) is 8.43. The van der Waals surface area contributed by atoms with Crippen LogP contribution in [-0.2, 0) is 13.0 Å². The number of rotatable bonds is 2. The Bertz CT molecular complexity index is 851. The van der Waals surface area contributed by atoms with E-state index in [1.807, 2.05) is 6.07 Å². The van der Waals surface area contributed by atoms with Crippen LogP contribution in [0.15, 0.2) is 24.3 Å². The highest BCUT2D eigenvalue weighted by molar-refractivity contribution is 5.86. The highest BCUT2D eigenvalue weighted by atomic mass is 16.5. The monoisotopic (exact) mass is 321 g/mol. The van der Waals surface area contributed by atoms with Crippen molar-refractivity contribution in [2.24, 2.45) is 0 Å². The molecule has 0 unspecified atom stereocenters. The maximum Gasteiger partial charge on any atom is 0.166 e. The van der Waals surface area contributed by atoms with E-state index in [-0.39, 0.29) is 0 Å². The molecule has 124 valence electrons. The molecule has 0 saturated heterocycles. The summed E-state index contributed by atoms with van der Waals surface area (Å²) in [6.45, 7) is 6.30. The van der Waals surface area contributed by atoms with Crippen LogP contribution in [0.5, 0.6) is 11.5 Å². The van der Waals surface area contributed by atoms with Gasteiger partial charge in [-0.2, -0.15) is 0 Å². The van der Waals surface area contributed by atoms with Crippen molar-refractivity contribution in [3.63, 3.8) is 0 Å². The number of hydrogen-bond donors (Lipinski definition) is 0. The molecule has 0 fully saturated rings. The largest absolute Gasteiger partial charge is 0.493 e. The lowest BCUT2D eigenvalue weighted by molar-refractivity contribution is 0.334. The van der Waals surface area contributed by atoms with Gasteiger partial charge in [-0.1, -0.05) is 12.1 Å². The molecule has 0 bridgehead atoms. The van der Waals surface area contributed by atoms with Crippen LogP contribution in [0, 0.1) is 13.8 Å². The van der Waals surface area contributed by atoms with Crippen LogP contribution in [-0.4, -0.2) is 25.7 Å². The highest BCUT2D eigenvalue weighted by Crippen LogP contribution is 2.42. The minimum Gasteiger partial charge on any atom is -0.493 e. The Kier molecular flexibility index (Phi) is 3.52. The standard InChI is InChI=1S/C21H23NO2/c1-13-9-16-7-8-22-12-18-15(5-6-20(23-3)21(18)24-4)11-19(22)17(16)10-14(13)2/h5-6,9-11H,7-8,12H2,1-4H3. The molecule has 0 aliphatic carbocycles. The van der Waals surface area contributed by atoms with Gasteiger partial charge >= 0.3 is 0 Å². The maximum atomic E-state index is 5.64. The predicted octanol–water partition coefficient (Wildman–Crippen LogP) is 4.19. The Labute approximate surface area is 143 Å². The quantitative estimate of drug-likeness (QED) is 0.828. The third kappa shape index (κ3) is 2.19. The number of fused-ring (bicyclic) bond motifs is 4. The molecule has 2 aliphatic heterocycles. The van der Waals surface area contributed by atoms with E-state index >= 15 is 0 Å². The number of ether oxygens (including phenoxy) is 2. The average molecular weight is 321 g/mol. The van der Waals surface area contributed by atoms with Crippen molar-refractivity contribution in [2.45, 2.75) is 26.8 Å². The lowest BCUT2D eigenvalue weighted by Gasteiger charge is -2.37. The van der Waals surface area contributed by atoms with Gasteiger partial charge in [0.15, 0.2) is 11.5 Å². The average Bonchev–Trinajstić information content (AvgIpc) is 2.60. The second-order valence-electron chi connectivity index (χ2n) is 6.66. The number of benzene rings is 2. The Balaban J connectivity index is 1.88. The zero-order valence-electron chi connectivity index (χ0n) is 14.8. The third-order valence-corrected chi connectivity index (χ3v) is 5.31. The first-order valence-electron chi connectivity index (χ1n) is 8.43. The SMILES string of the molecule is COc1ccc2c(c1OC)CN1CCc3cc(C)c(C)cc3C1=C2.